The van der Waals surface area contributed by atoms with Gasteiger partial charge in [-0.05, 0) is 18.4 Å². The van der Waals surface area contributed by atoms with Crippen LogP contribution in [0, 0.1) is 5.92 Å². The molecule has 1 heterocycles. The zero-order valence-electron chi connectivity index (χ0n) is 12.5. The Hall–Kier alpha value is -1.30. The van der Waals surface area contributed by atoms with Gasteiger partial charge in [-0.25, -0.2) is 4.79 Å². The second kappa shape index (κ2) is 7.81. The van der Waals surface area contributed by atoms with Gasteiger partial charge in [-0.15, -0.1) is 12.4 Å². The fraction of sp³-hybridized carbons (Fsp3) is 0.562. The molecule has 2 aliphatic rings. The lowest BCUT2D eigenvalue weighted by Gasteiger charge is -2.16. The van der Waals surface area contributed by atoms with Gasteiger partial charge in [0.25, 0.3) is 0 Å². The van der Waals surface area contributed by atoms with Crippen LogP contribution < -0.4 is 5.32 Å². The molecule has 0 aromatic heterocycles. The average molecular weight is 327 g/mol. The maximum absolute atomic E-state index is 12.0. The summed E-state index contributed by atoms with van der Waals surface area (Å²) < 4.78 is 5.30. The number of nitrogens with one attached hydrogen (secondary N) is 1. The SMILES string of the molecule is Cl.O=C(OCc1ccccc1)N1CC(O)C(CNC2CC2)C1. The van der Waals surface area contributed by atoms with Gasteiger partial charge in [0, 0.05) is 25.0 Å². The zero-order valence-corrected chi connectivity index (χ0v) is 13.3. The Balaban J connectivity index is 0.00000176. The molecule has 1 amide bonds. The van der Waals surface area contributed by atoms with Gasteiger partial charge in [0.2, 0.25) is 0 Å². The number of β-amino-alcohol motifs (C(OH)–C–C–N with tert-alkyl or cyclic N) is 1. The molecule has 6 heteroatoms. The maximum Gasteiger partial charge on any atom is 0.410 e. The van der Waals surface area contributed by atoms with Crippen molar-refractivity contribution in [2.75, 3.05) is 19.6 Å². The number of likely N-dealkylation sites (tertiary alicyclic amines) is 1. The summed E-state index contributed by atoms with van der Waals surface area (Å²) in [5, 5.41) is 13.4. The smallest absolute Gasteiger partial charge is 0.410 e. The van der Waals surface area contributed by atoms with Crippen molar-refractivity contribution in [3.63, 3.8) is 0 Å². The van der Waals surface area contributed by atoms with Crippen LogP contribution in [0.15, 0.2) is 30.3 Å². The predicted molar refractivity (Wildman–Crippen MR) is 86.0 cm³/mol. The number of hydrogen-bond acceptors (Lipinski definition) is 4. The van der Waals surface area contributed by atoms with Gasteiger partial charge in [0.15, 0.2) is 0 Å². The molecule has 1 aromatic carbocycles. The van der Waals surface area contributed by atoms with E-state index in [1.807, 2.05) is 30.3 Å². The van der Waals surface area contributed by atoms with Crippen LogP contribution in [0.5, 0.6) is 0 Å². The minimum Gasteiger partial charge on any atom is -0.445 e. The predicted octanol–water partition coefficient (Wildman–Crippen LogP) is 1.79. The molecule has 0 spiro atoms. The molecule has 5 nitrogen and oxygen atoms in total. The summed E-state index contributed by atoms with van der Waals surface area (Å²) in [4.78, 5) is 13.6. The van der Waals surface area contributed by atoms with E-state index in [4.69, 9.17) is 4.74 Å². The van der Waals surface area contributed by atoms with Crippen LogP contribution in [0.2, 0.25) is 0 Å². The number of aliphatic hydroxyl groups excluding tert-OH is 1. The number of aliphatic hydroxyl groups is 1. The van der Waals surface area contributed by atoms with Gasteiger partial charge >= 0.3 is 6.09 Å². The summed E-state index contributed by atoms with van der Waals surface area (Å²) in [5.74, 6) is 0.106. The topological polar surface area (TPSA) is 61.8 Å². The first-order valence-corrected chi connectivity index (χ1v) is 7.59. The van der Waals surface area contributed by atoms with Crippen LogP contribution in [0.3, 0.4) is 0 Å². The van der Waals surface area contributed by atoms with Crippen molar-refractivity contribution < 1.29 is 14.6 Å². The molecule has 2 fully saturated rings. The highest BCUT2D eigenvalue weighted by Gasteiger charge is 2.35. The first kappa shape index (κ1) is 17.1. The van der Waals surface area contributed by atoms with Crippen molar-refractivity contribution in [1.82, 2.24) is 10.2 Å². The van der Waals surface area contributed by atoms with E-state index in [0.29, 0.717) is 19.1 Å². The minimum atomic E-state index is -0.458. The Morgan fingerprint density at radius 1 is 1.27 bits per heavy atom. The highest BCUT2D eigenvalue weighted by Crippen LogP contribution is 2.22. The maximum atomic E-state index is 12.0. The third kappa shape index (κ3) is 4.60. The van der Waals surface area contributed by atoms with Crippen LogP contribution in [-0.4, -0.2) is 47.9 Å². The van der Waals surface area contributed by atoms with Gasteiger partial charge in [-0.2, -0.15) is 0 Å². The lowest BCUT2D eigenvalue weighted by Crippen LogP contribution is -2.32. The Kier molecular flexibility index (Phi) is 6.06. The average Bonchev–Trinajstić information content (AvgIpc) is 3.26. The number of halogens is 1. The molecular weight excluding hydrogens is 304 g/mol. The van der Waals surface area contributed by atoms with E-state index in [0.717, 1.165) is 12.1 Å². The van der Waals surface area contributed by atoms with Crippen molar-refractivity contribution in [1.29, 1.82) is 0 Å². The number of amides is 1. The standard InChI is InChI=1S/C16H22N2O3.ClH/c19-15-10-18(9-13(15)8-17-14-6-7-14)16(20)21-11-12-4-2-1-3-5-12;/h1-5,13-15,17,19H,6-11H2;1H. The molecule has 0 bridgehead atoms. The molecule has 1 saturated heterocycles. The molecule has 1 aliphatic heterocycles. The fourth-order valence-electron chi connectivity index (χ4n) is 2.62. The highest BCUT2D eigenvalue weighted by atomic mass is 35.5. The number of carbonyl (C=O) groups is 1. The number of benzene rings is 1. The molecule has 0 radical (unpaired) electrons. The quantitative estimate of drug-likeness (QED) is 0.866. The molecule has 3 rings (SSSR count). The van der Waals surface area contributed by atoms with Gasteiger partial charge in [0.1, 0.15) is 6.61 Å². The monoisotopic (exact) mass is 326 g/mol. The summed E-state index contributed by atoms with van der Waals surface area (Å²) in [7, 11) is 0. The second-order valence-corrected chi connectivity index (χ2v) is 5.96. The fourth-order valence-corrected chi connectivity index (χ4v) is 2.62. The first-order valence-electron chi connectivity index (χ1n) is 7.59. The molecule has 2 atom stereocenters. The van der Waals surface area contributed by atoms with E-state index in [1.165, 1.54) is 12.8 Å². The van der Waals surface area contributed by atoms with Crippen LogP contribution in [0.25, 0.3) is 0 Å². The summed E-state index contributed by atoms with van der Waals surface area (Å²) >= 11 is 0. The van der Waals surface area contributed by atoms with E-state index < -0.39 is 6.10 Å². The number of rotatable bonds is 5. The molecule has 2 unspecified atom stereocenters. The third-order valence-electron chi connectivity index (χ3n) is 4.12. The molecule has 1 aliphatic carbocycles. The van der Waals surface area contributed by atoms with Crippen LogP contribution >= 0.6 is 12.4 Å². The van der Waals surface area contributed by atoms with Gasteiger partial charge < -0.3 is 20.1 Å². The van der Waals surface area contributed by atoms with Crippen molar-refractivity contribution in [3.05, 3.63) is 35.9 Å². The lowest BCUT2D eigenvalue weighted by atomic mass is 10.1. The van der Waals surface area contributed by atoms with Crippen molar-refractivity contribution in [2.24, 2.45) is 5.92 Å². The van der Waals surface area contributed by atoms with E-state index in [2.05, 4.69) is 5.32 Å². The normalized spacial score (nSPS) is 24.0. The molecular formula is C16H23ClN2O3. The third-order valence-corrected chi connectivity index (χ3v) is 4.12. The van der Waals surface area contributed by atoms with Gasteiger partial charge in [-0.3, -0.25) is 0 Å². The van der Waals surface area contributed by atoms with Crippen LogP contribution in [-0.2, 0) is 11.3 Å². The number of nitrogens with zero attached hydrogens (tertiary/aromatic N) is 1. The summed E-state index contributed by atoms with van der Waals surface area (Å²) in [6.45, 7) is 1.98. The second-order valence-electron chi connectivity index (χ2n) is 5.96. The minimum absolute atomic E-state index is 0. The Morgan fingerprint density at radius 2 is 2.00 bits per heavy atom. The highest BCUT2D eigenvalue weighted by molar-refractivity contribution is 5.85. The molecule has 22 heavy (non-hydrogen) atoms. The van der Waals surface area contributed by atoms with Crippen molar-refractivity contribution in [2.45, 2.75) is 31.6 Å². The first-order chi connectivity index (χ1) is 10.2. The number of hydrogen-bond donors (Lipinski definition) is 2. The summed E-state index contributed by atoms with van der Waals surface area (Å²) in [5.41, 5.74) is 0.970. The van der Waals surface area contributed by atoms with E-state index in [-0.39, 0.29) is 31.0 Å². The Morgan fingerprint density at radius 3 is 2.68 bits per heavy atom. The Bertz CT molecular complexity index is 482. The summed E-state index contributed by atoms with van der Waals surface area (Å²) in [6, 6.07) is 10.2. The molecule has 122 valence electrons. The number of ether oxygens (including phenoxy) is 1. The zero-order chi connectivity index (χ0) is 14.7. The molecule has 1 saturated carbocycles. The van der Waals surface area contributed by atoms with E-state index in [9.17, 15) is 9.90 Å². The van der Waals surface area contributed by atoms with Gasteiger partial charge in [0.05, 0.1) is 12.6 Å². The van der Waals surface area contributed by atoms with Gasteiger partial charge in [-0.1, -0.05) is 30.3 Å². The van der Waals surface area contributed by atoms with E-state index in [1.54, 1.807) is 4.90 Å². The Labute approximate surface area is 137 Å². The van der Waals surface area contributed by atoms with Crippen LogP contribution in [0.4, 0.5) is 4.79 Å². The van der Waals surface area contributed by atoms with Crippen molar-refractivity contribution >= 4 is 18.5 Å². The lowest BCUT2D eigenvalue weighted by molar-refractivity contribution is 0.0967. The number of carbonyl (C=O) groups excluding carboxylic acids is 1. The summed E-state index contributed by atoms with van der Waals surface area (Å²) in [6.07, 6.45) is 1.66. The van der Waals surface area contributed by atoms with E-state index >= 15 is 0 Å². The molecule has 1 aromatic rings. The largest absolute Gasteiger partial charge is 0.445 e. The van der Waals surface area contributed by atoms with Crippen molar-refractivity contribution in [3.8, 4) is 0 Å². The van der Waals surface area contributed by atoms with Crippen LogP contribution in [0.1, 0.15) is 18.4 Å². The molecule has 2 N–H and O–H groups in total.